The summed E-state index contributed by atoms with van der Waals surface area (Å²) in [5.41, 5.74) is -2.26. The molecule has 112 valence electrons. The maximum absolute atomic E-state index is 14.2. The van der Waals surface area contributed by atoms with Crippen LogP contribution in [0.15, 0.2) is 10.9 Å². The predicted octanol–water partition coefficient (Wildman–Crippen LogP) is 1.76. The van der Waals surface area contributed by atoms with Crippen LogP contribution in [0.5, 0.6) is 5.75 Å². The molecule has 0 saturated carbocycles. The molecule has 0 aliphatic carbocycles. The van der Waals surface area contributed by atoms with Gasteiger partial charge in [0.15, 0.2) is 11.6 Å². The van der Waals surface area contributed by atoms with Crippen LogP contribution in [0.1, 0.15) is 16.1 Å². The number of halogens is 3. The van der Waals surface area contributed by atoms with Gasteiger partial charge in [0.2, 0.25) is 0 Å². The van der Waals surface area contributed by atoms with E-state index in [0.29, 0.717) is 0 Å². The Bertz CT molecular complexity index is 773. The van der Waals surface area contributed by atoms with E-state index in [4.69, 9.17) is 0 Å². The average molecular weight is 302 g/mol. The summed E-state index contributed by atoms with van der Waals surface area (Å²) in [6.07, 6.45) is 0. The zero-order valence-electron chi connectivity index (χ0n) is 10.9. The number of methoxy groups -OCH3 is 1. The number of carbonyl (C=O) groups is 1. The molecule has 0 bridgehead atoms. The molecule has 2 rings (SSSR count). The van der Waals surface area contributed by atoms with Crippen molar-refractivity contribution in [1.82, 2.24) is 9.97 Å². The molecule has 0 spiro atoms. The van der Waals surface area contributed by atoms with Crippen molar-refractivity contribution in [2.45, 2.75) is 13.5 Å². The van der Waals surface area contributed by atoms with Crippen LogP contribution in [-0.4, -0.2) is 29.7 Å². The number of H-pyrrole nitrogens is 1. The fraction of sp³-hybridized carbons (Fsp3) is 0.250. The van der Waals surface area contributed by atoms with E-state index in [2.05, 4.69) is 19.4 Å². The Balaban J connectivity index is 2.85. The third-order valence-electron chi connectivity index (χ3n) is 2.67. The lowest BCUT2D eigenvalue weighted by molar-refractivity contribution is -0.0490. The minimum atomic E-state index is -3.21. The minimum Gasteiger partial charge on any atom is -0.465 e. The highest BCUT2D eigenvalue weighted by molar-refractivity contribution is 5.96. The summed E-state index contributed by atoms with van der Waals surface area (Å²) >= 11 is 0. The number of benzene rings is 1. The van der Waals surface area contributed by atoms with Crippen molar-refractivity contribution in [3.05, 3.63) is 33.5 Å². The van der Waals surface area contributed by atoms with E-state index in [0.717, 1.165) is 13.2 Å². The third-order valence-corrected chi connectivity index (χ3v) is 2.67. The lowest BCUT2D eigenvalue weighted by Crippen LogP contribution is -2.16. The summed E-state index contributed by atoms with van der Waals surface area (Å²) in [5.74, 6) is -2.78. The molecule has 0 atom stereocenters. The summed E-state index contributed by atoms with van der Waals surface area (Å²) in [7, 11) is 0.996. The van der Waals surface area contributed by atoms with Gasteiger partial charge in [0.1, 0.15) is 22.3 Å². The van der Waals surface area contributed by atoms with Crippen molar-refractivity contribution in [2.75, 3.05) is 7.11 Å². The number of fused-ring (bicyclic) bond motifs is 1. The summed E-state index contributed by atoms with van der Waals surface area (Å²) in [6, 6.07) is 0.750. The van der Waals surface area contributed by atoms with Crippen LogP contribution < -0.4 is 10.3 Å². The van der Waals surface area contributed by atoms with Crippen LogP contribution in [0.3, 0.4) is 0 Å². The fourth-order valence-electron chi connectivity index (χ4n) is 1.72. The van der Waals surface area contributed by atoms with Crippen LogP contribution in [0.25, 0.3) is 11.0 Å². The van der Waals surface area contributed by atoms with Gasteiger partial charge in [-0.05, 0) is 6.92 Å². The number of nitrogens with zero attached hydrogens (tertiary/aromatic N) is 1. The molecule has 1 N–H and O–H groups in total. The first-order valence-electron chi connectivity index (χ1n) is 5.61. The summed E-state index contributed by atoms with van der Waals surface area (Å²) < 4.78 is 47.6. The highest BCUT2D eigenvalue weighted by Gasteiger charge is 2.22. The van der Waals surface area contributed by atoms with Crippen molar-refractivity contribution < 1.29 is 27.4 Å². The lowest BCUT2D eigenvalue weighted by atomic mass is 10.1. The van der Waals surface area contributed by atoms with E-state index in [1.165, 1.54) is 6.92 Å². The molecule has 0 aliphatic rings. The second kappa shape index (κ2) is 5.43. The van der Waals surface area contributed by atoms with E-state index >= 15 is 0 Å². The number of esters is 1. The van der Waals surface area contributed by atoms with Crippen molar-refractivity contribution in [1.29, 1.82) is 0 Å². The lowest BCUT2D eigenvalue weighted by Gasteiger charge is -2.11. The number of aromatic nitrogens is 2. The molecule has 0 radical (unpaired) electrons. The fourth-order valence-corrected chi connectivity index (χ4v) is 1.72. The number of aromatic amines is 1. The predicted molar refractivity (Wildman–Crippen MR) is 65.0 cm³/mol. The Morgan fingerprint density at radius 1 is 1.43 bits per heavy atom. The Hall–Kier alpha value is -2.58. The molecule has 9 heteroatoms. The van der Waals surface area contributed by atoms with Crippen LogP contribution in [-0.2, 0) is 4.74 Å². The quantitative estimate of drug-likeness (QED) is 0.874. The second-order valence-electron chi connectivity index (χ2n) is 3.98. The zero-order valence-corrected chi connectivity index (χ0v) is 10.9. The van der Waals surface area contributed by atoms with Gasteiger partial charge in [0, 0.05) is 6.07 Å². The van der Waals surface area contributed by atoms with Gasteiger partial charge in [-0.3, -0.25) is 4.79 Å². The Morgan fingerprint density at radius 3 is 2.67 bits per heavy atom. The molecule has 21 heavy (non-hydrogen) atoms. The van der Waals surface area contributed by atoms with Gasteiger partial charge in [-0.15, -0.1) is 0 Å². The van der Waals surface area contributed by atoms with Gasteiger partial charge < -0.3 is 14.5 Å². The molecule has 0 unspecified atom stereocenters. The van der Waals surface area contributed by atoms with Gasteiger partial charge in [-0.1, -0.05) is 0 Å². The first-order chi connectivity index (χ1) is 9.85. The summed E-state index contributed by atoms with van der Waals surface area (Å²) in [6.45, 7) is -1.89. The molecule has 0 amide bonds. The van der Waals surface area contributed by atoms with E-state index < -0.39 is 40.8 Å². The molecular formula is C12H9F3N2O4. The van der Waals surface area contributed by atoms with E-state index in [-0.39, 0.29) is 11.2 Å². The van der Waals surface area contributed by atoms with Gasteiger partial charge in [-0.25, -0.2) is 14.2 Å². The van der Waals surface area contributed by atoms with Crippen molar-refractivity contribution in [3.63, 3.8) is 0 Å². The number of ether oxygens (including phenoxy) is 2. The molecule has 0 aliphatic heterocycles. The number of carbonyl (C=O) groups excluding carboxylic acids is 1. The van der Waals surface area contributed by atoms with Gasteiger partial charge >= 0.3 is 12.6 Å². The molecule has 1 aromatic carbocycles. The smallest absolute Gasteiger partial charge is 0.387 e. The van der Waals surface area contributed by atoms with E-state index in [1.54, 1.807) is 0 Å². The number of hydrogen-bond acceptors (Lipinski definition) is 5. The molecule has 1 heterocycles. The molecule has 6 nitrogen and oxygen atoms in total. The van der Waals surface area contributed by atoms with Gasteiger partial charge in [0.05, 0.1) is 7.11 Å². The number of aryl methyl sites for hydroxylation is 1. The first-order valence-corrected chi connectivity index (χ1v) is 5.61. The maximum atomic E-state index is 14.2. The Morgan fingerprint density at radius 2 is 2.10 bits per heavy atom. The van der Waals surface area contributed by atoms with Crippen LogP contribution in [0.4, 0.5) is 13.2 Å². The number of alkyl halides is 2. The summed E-state index contributed by atoms with van der Waals surface area (Å²) in [4.78, 5) is 28.8. The molecule has 0 saturated heterocycles. The number of hydrogen-bond donors (Lipinski definition) is 1. The third kappa shape index (κ3) is 2.67. The van der Waals surface area contributed by atoms with Gasteiger partial charge in [-0.2, -0.15) is 8.78 Å². The number of nitrogens with one attached hydrogen (secondary N) is 1. The first kappa shape index (κ1) is 14.8. The summed E-state index contributed by atoms with van der Waals surface area (Å²) in [5, 5.41) is 0. The molecule has 0 fully saturated rings. The molecule has 2 aromatic rings. The average Bonchev–Trinajstić information content (AvgIpc) is 2.42. The second-order valence-corrected chi connectivity index (χ2v) is 3.98. The molecular weight excluding hydrogens is 293 g/mol. The number of rotatable bonds is 3. The molecule has 1 aromatic heterocycles. The highest BCUT2D eigenvalue weighted by Crippen LogP contribution is 2.29. The largest absolute Gasteiger partial charge is 0.465 e. The topological polar surface area (TPSA) is 81.3 Å². The Labute approximate surface area is 115 Å². The zero-order chi connectivity index (χ0) is 15.7. The van der Waals surface area contributed by atoms with Crippen molar-refractivity contribution >= 4 is 17.0 Å². The Kier molecular flexibility index (Phi) is 3.83. The standard InChI is InChI=1S/C12H9F3N2O4/c1-4-10(18)17-9-7(13)5(11(19)20-2)3-6(8(9)16-4)21-12(14)15/h3,12H,1-2H3,(H,17,18). The van der Waals surface area contributed by atoms with Crippen molar-refractivity contribution in [3.8, 4) is 5.75 Å². The van der Waals surface area contributed by atoms with Crippen LogP contribution in [0, 0.1) is 12.7 Å². The minimum absolute atomic E-state index is 0.0631. The van der Waals surface area contributed by atoms with Crippen LogP contribution >= 0.6 is 0 Å². The normalized spacial score (nSPS) is 11.0. The SMILES string of the molecule is COC(=O)c1cc(OC(F)F)c2nc(C)c(=O)[nH]c2c1F. The van der Waals surface area contributed by atoms with Crippen molar-refractivity contribution in [2.24, 2.45) is 0 Å². The van der Waals surface area contributed by atoms with Gasteiger partial charge in [0.25, 0.3) is 5.56 Å². The van der Waals surface area contributed by atoms with E-state index in [9.17, 15) is 22.8 Å². The maximum Gasteiger partial charge on any atom is 0.387 e. The monoisotopic (exact) mass is 302 g/mol. The van der Waals surface area contributed by atoms with Crippen LogP contribution in [0.2, 0.25) is 0 Å². The van der Waals surface area contributed by atoms with E-state index in [1.807, 2.05) is 0 Å². The highest BCUT2D eigenvalue weighted by atomic mass is 19.3.